The van der Waals surface area contributed by atoms with Gasteiger partial charge < -0.3 is 19.1 Å². The minimum Gasteiger partial charge on any atom is -0.452 e. The number of benzene rings is 1. The molecule has 1 unspecified atom stereocenters. The van der Waals surface area contributed by atoms with Crippen molar-refractivity contribution in [1.29, 1.82) is 0 Å². The number of hydrogen-bond acceptors (Lipinski definition) is 7. The second kappa shape index (κ2) is 10.9. The molecule has 0 saturated carbocycles. The molecule has 0 saturated heterocycles. The van der Waals surface area contributed by atoms with Crippen LogP contribution in [0.25, 0.3) is 5.76 Å². The highest BCUT2D eigenvalue weighted by molar-refractivity contribution is 7.97. The second-order valence-corrected chi connectivity index (χ2v) is 8.23. The average Bonchev–Trinajstić information content (AvgIpc) is 2.74. The maximum Gasteiger partial charge on any atom is 0.308 e. The molecule has 164 valence electrons. The van der Waals surface area contributed by atoms with Gasteiger partial charge in [0.1, 0.15) is 5.82 Å². The van der Waals surface area contributed by atoms with Crippen molar-refractivity contribution in [2.24, 2.45) is 0 Å². The average molecular weight is 442 g/mol. The molecule has 0 fully saturated rings. The molecular weight excluding hydrogens is 414 g/mol. The number of esters is 1. The quantitative estimate of drug-likeness (QED) is 0.258. The zero-order valence-corrected chi connectivity index (χ0v) is 18.8. The Morgan fingerprint density at radius 1 is 1.16 bits per heavy atom. The van der Waals surface area contributed by atoms with Gasteiger partial charge >= 0.3 is 5.97 Å². The van der Waals surface area contributed by atoms with E-state index in [0.717, 1.165) is 29.7 Å². The van der Waals surface area contributed by atoms with Crippen molar-refractivity contribution in [3.63, 3.8) is 0 Å². The Labute approximate surface area is 187 Å². The predicted octanol–water partition coefficient (Wildman–Crippen LogP) is 4.83. The van der Waals surface area contributed by atoms with Gasteiger partial charge in [0, 0.05) is 37.0 Å². The Hall–Kier alpha value is -3.00. The maximum atomic E-state index is 13.1. The summed E-state index contributed by atoms with van der Waals surface area (Å²) in [6.45, 7) is 3.74. The molecule has 1 aromatic heterocycles. The highest BCUT2D eigenvalue weighted by Crippen LogP contribution is 2.41. The van der Waals surface area contributed by atoms with Gasteiger partial charge in [-0.2, -0.15) is 0 Å². The zero-order chi connectivity index (χ0) is 22.2. The molecule has 31 heavy (non-hydrogen) atoms. The summed E-state index contributed by atoms with van der Waals surface area (Å²) >= 11 is 1.42. The van der Waals surface area contributed by atoms with Crippen LogP contribution in [0.4, 0.5) is 5.82 Å². The largest absolute Gasteiger partial charge is 0.452 e. The number of nitrogens with zero attached hydrogens (tertiary/aromatic N) is 2. The number of rotatable bonds is 9. The van der Waals surface area contributed by atoms with Crippen molar-refractivity contribution in [3.8, 4) is 0 Å². The van der Waals surface area contributed by atoms with Crippen molar-refractivity contribution >= 4 is 35.4 Å². The van der Waals surface area contributed by atoms with Gasteiger partial charge in [0.15, 0.2) is 11.5 Å². The molecule has 3 rings (SSSR count). The van der Waals surface area contributed by atoms with E-state index in [0.29, 0.717) is 23.7 Å². The number of amides is 1. The van der Waals surface area contributed by atoms with Crippen LogP contribution < -0.4 is 5.32 Å². The summed E-state index contributed by atoms with van der Waals surface area (Å²) in [6, 6.07) is 12.9. The molecule has 0 bridgehead atoms. The molecule has 2 heterocycles. The van der Waals surface area contributed by atoms with E-state index in [4.69, 9.17) is 9.47 Å². The van der Waals surface area contributed by atoms with E-state index in [2.05, 4.69) is 17.2 Å². The molecule has 1 N–H and O–H groups in total. The van der Waals surface area contributed by atoms with Gasteiger partial charge in [-0.25, -0.2) is 4.98 Å². The summed E-state index contributed by atoms with van der Waals surface area (Å²) in [5, 5.41) is 2.80. The summed E-state index contributed by atoms with van der Waals surface area (Å²) in [4.78, 5) is 30.3. The van der Waals surface area contributed by atoms with Gasteiger partial charge in [-0.15, -0.1) is 0 Å². The molecular formula is C23H27N3O4S. The number of aromatic nitrogens is 1. The van der Waals surface area contributed by atoms with Crippen molar-refractivity contribution in [2.45, 2.75) is 50.7 Å². The van der Waals surface area contributed by atoms with Crippen LogP contribution in [0, 0.1) is 0 Å². The number of carbonyl (C=O) groups excluding carboxylic acids is 2. The lowest BCUT2D eigenvalue weighted by molar-refractivity contribution is -0.164. The summed E-state index contributed by atoms with van der Waals surface area (Å²) in [6.07, 6.45) is 3.90. The second-order valence-electron chi connectivity index (χ2n) is 7.06. The fourth-order valence-corrected chi connectivity index (χ4v) is 4.08. The van der Waals surface area contributed by atoms with Crippen LogP contribution in [0.15, 0.2) is 59.3 Å². The molecule has 1 amide bonds. The lowest BCUT2D eigenvalue weighted by atomic mass is 10.1. The Morgan fingerprint density at radius 3 is 2.68 bits per heavy atom. The molecule has 2 aromatic rings. The first-order valence-electron chi connectivity index (χ1n) is 10.3. The van der Waals surface area contributed by atoms with Crippen LogP contribution in [0.5, 0.6) is 0 Å². The Morgan fingerprint density at radius 2 is 1.94 bits per heavy atom. The highest BCUT2D eigenvalue weighted by Gasteiger charge is 2.31. The zero-order valence-electron chi connectivity index (χ0n) is 18.0. The Bertz CT molecular complexity index is 949. The fourth-order valence-electron chi connectivity index (χ4n) is 3.13. The van der Waals surface area contributed by atoms with Gasteiger partial charge in [-0.05, 0) is 42.6 Å². The number of ether oxygens (including phenoxy) is 2. The fraction of sp³-hybridized carbons (Fsp3) is 0.348. The minimum atomic E-state index is -0.841. The predicted molar refractivity (Wildman–Crippen MR) is 121 cm³/mol. The van der Waals surface area contributed by atoms with Crippen LogP contribution in [0.3, 0.4) is 0 Å². The molecule has 1 aromatic carbocycles. The summed E-state index contributed by atoms with van der Waals surface area (Å²) in [7, 11) is 1.79. The lowest BCUT2D eigenvalue weighted by Crippen LogP contribution is -2.30. The van der Waals surface area contributed by atoms with E-state index < -0.39 is 6.29 Å². The molecule has 0 aliphatic carbocycles. The number of nitrogens with one attached hydrogen (secondary N) is 1. The van der Waals surface area contributed by atoms with E-state index in [-0.39, 0.29) is 11.9 Å². The first-order chi connectivity index (χ1) is 15.0. The van der Waals surface area contributed by atoms with Crippen LogP contribution in [0.2, 0.25) is 0 Å². The van der Waals surface area contributed by atoms with Gasteiger partial charge in [-0.1, -0.05) is 38.0 Å². The van der Waals surface area contributed by atoms with E-state index >= 15 is 0 Å². The summed E-state index contributed by atoms with van der Waals surface area (Å²) in [5.74, 6) is 0.124. The SMILES string of the molecule is CCCCCC(=O)OC(C)OC1=C(C(=O)Nc2ccccn2)N(C)Sc2ccccc21. The third-order valence-corrected chi connectivity index (χ3v) is 5.59. The molecule has 8 heteroatoms. The van der Waals surface area contributed by atoms with Crippen molar-refractivity contribution < 1.29 is 19.1 Å². The monoisotopic (exact) mass is 441 g/mol. The number of fused-ring (bicyclic) bond motifs is 1. The summed E-state index contributed by atoms with van der Waals surface area (Å²) in [5.41, 5.74) is 1.09. The topological polar surface area (TPSA) is 80.8 Å². The highest BCUT2D eigenvalue weighted by atomic mass is 32.2. The van der Waals surface area contributed by atoms with Crippen molar-refractivity contribution in [3.05, 3.63) is 59.9 Å². The van der Waals surface area contributed by atoms with E-state index in [1.54, 1.807) is 42.7 Å². The molecule has 1 atom stereocenters. The lowest BCUT2D eigenvalue weighted by Gasteiger charge is -2.30. The number of unbranched alkanes of at least 4 members (excludes halogenated alkanes) is 2. The maximum absolute atomic E-state index is 13.1. The van der Waals surface area contributed by atoms with Gasteiger partial charge in [0.25, 0.3) is 5.91 Å². The first kappa shape index (κ1) is 22.7. The van der Waals surface area contributed by atoms with Crippen molar-refractivity contribution in [1.82, 2.24) is 9.29 Å². The number of pyridine rings is 1. The molecule has 0 radical (unpaired) electrons. The van der Waals surface area contributed by atoms with Crippen molar-refractivity contribution in [2.75, 3.05) is 12.4 Å². The third-order valence-electron chi connectivity index (χ3n) is 4.58. The third kappa shape index (κ3) is 6.01. The van der Waals surface area contributed by atoms with E-state index in [9.17, 15) is 9.59 Å². The number of likely N-dealkylation sites (N-methyl/N-ethyl adjacent to an activating group) is 1. The standard InChI is InChI=1S/C23H27N3O4S/c1-4-5-6-14-20(27)29-16(2)30-22-17-11-7-8-12-18(17)31-26(3)21(22)23(28)25-19-13-9-10-15-24-19/h7-13,15-16H,4-6,14H2,1-3H3,(H,24,25,28). The summed E-state index contributed by atoms with van der Waals surface area (Å²) < 4.78 is 13.2. The van der Waals surface area contributed by atoms with Crippen LogP contribution >= 0.6 is 11.9 Å². The van der Waals surface area contributed by atoms with Gasteiger partial charge in [0.2, 0.25) is 6.29 Å². The molecule has 7 nitrogen and oxygen atoms in total. The van der Waals surface area contributed by atoms with Crippen LogP contribution in [0.1, 0.15) is 45.1 Å². The Kier molecular flexibility index (Phi) is 7.94. The first-order valence-corrected chi connectivity index (χ1v) is 11.1. The van der Waals surface area contributed by atoms with Crippen LogP contribution in [-0.2, 0) is 19.1 Å². The smallest absolute Gasteiger partial charge is 0.308 e. The minimum absolute atomic E-state index is 0.312. The van der Waals surface area contributed by atoms with Gasteiger partial charge in [-0.3, -0.25) is 9.59 Å². The Balaban J connectivity index is 1.85. The van der Waals surface area contributed by atoms with E-state index in [1.165, 1.54) is 11.9 Å². The van der Waals surface area contributed by atoms with E-state index in [1.807, 2.05) is 24.3 Å². The molecule has 1 aliphatic heterocycles. The van der Waals surface area contributed by atoms with Gasteiger partial charge in [0.05, 0.1) is 0 Å². The number of carbonyl (C=O) groups is 2. The van der Waals surface area contributed by atoms with Crippen LogP contribution in [-0.4, -0.2) is 34.5 Å². The normalized spacial score (nSPS) is 14.0. The number of anilines is 1. The number of hydrogen-bond donors (Lipinski definition) is 1. The molecule has 0 spiro atoms. The molecule has 1 aliphatic rings.